The molecule has 2 fully saturated rings. The minimum atomic E-state index is 0.0278. The molecule has 3 atom stereocenters. The van der Waals surface area contributed by atoms with Crippen molar-refractivity contribution >= 4 is 5.78 Å². The van der Waals surface area contributed by atoms with Gasteiger partial charge >= 0.3 is 0 Å². The highest BCUT2D eigenvalue weighted by Gasteiger charge is 2.38. The molecule has 0 aromatic carbocycles. The van der Waals surface area contributed by atoms with Crippen LogP contribution in [0.5, 0.6) is 0 Å². The third-order valence-corrected chi connectivity index (χ3v) is 2.75. The molecule has 0 radical (unpaired) electrons. The number of carbonyl (C=O) groups is 1. The van der Waals surface area contributed by atoms with Crippen LogP contribution in [0.3, 0.4) is 0 Å². The highest BCUT2D eigenvalue weighted by Crippen LogP contribution is 2.27. The number of Topliss-reactive ketones (excluding diaryl/α,β-unsaturated/α-hetero) is 1. The lowest BCUT2D eigenvalue weighted by atomic mass is 9.89. The Hall–Kier alpha value is -0.410. The van der Waals surface area contributed by atoms with Gasteiger partial charge in [0.15, 0.2) is 5.78 Å². The van der Waals surface area contributed by atoms with Gasteiger partial charge in [-0.1, -0.05) is 6.92 Å². The van der Waals surface area contributed by atoms with Crippen LogP contribution in [0.25, 0.3) is 0 Å². The van der Waals surface area contributed by atoms with Crippen LogP contribution in [0.15, 0.2) is 0 Å². The van der Waals surface area contributed by atoms with Crippen molar-refractivity contribution in [2.45, 2.75) is 32.0 Å². The first-order chi connectivity index (χ1) is 5.79. The van der Waals surface area contributed by atoms with Crippen molar-refractivity contribution in [1.29, 1.82) is 0 Å². The molecule has 0 aromatic rings. The van der Waals surface area contributed by atoms with Crippen LogP contribution in [0.2, 0.25) is 0 Å². The molecule has 0 N–H and O–H groups in total. The monoisotopic (exact) mass is 170 g/mol. The van der Waals surface area contributed by atoms with E-state index in [0.717, 1.165) is 19.4 Å². The smallest absolute Gasteiger partial charge is 0.163 e. The Morgan fingerprint density at radius 1 is 1.42 bits per heavy atom. The van der Waals surface area contributed by atoms with Crippen LogP contribution in [0, 0.1) is 5.92 Å². The molecule has 0 unspecified atom stereocenters. The summed E-state index contributed by atoms with van der Waals surface area (Å²) in [4.78, 5) is 11.2. The molecular formula is C9H14O3. The van der Waals surface area contributed by atoms with E-state index in [1.807, 2.05) is 6.92 Å². The summed E-state index contributed by atoms with van der Waals surface area (Å²) in [7, 11) is 0. The number of fused-ring (bicyclic) bond motifs is 1. The quantitative estimate of drug-likeness (QED) is 0.538. The third-order valence-electron chi connectivity index (χ3n) is 2.75. The van der Waals surface area contributed by atoms with Crippen LogP contribution >= 0.6 is 0 Å². The molecule has 0 amide bonds. The maximum absolute atomic E-state index is 11.2. The van der Waals surface area contributed by atoms with E-state index in [4.69, 9.17) is 9.47 Å². The molecule has 3 heteroatoms. The second kappa shape index (κ2) is 3.15. The van der Waals surface area contributed by atoms with Gasteiger partial charge in [-0.3, -0.25) is 4.79 Å². The number of ether oxygens (including phenoxy) is 2. The van der Waals surface area contributed by atoms with Crippen LogP contribution < -0.4 is 0 Å². The van der Waals surface area contributed by atoms with Crippen LogP contribution in [-0.4, -0.2) is 31.2 Å². The largest absolute Gasteiger partial charge is 0.375 e. The van der Waals surface area contributed by atoms with Gasteiger partial charge in [0, 0.05) is 12.5 Å². The molecular weight excluding hydrogens is 156 g/mol. The predicted octanol–water partition coefficient (Wildman–Crippen LogP) is 0.769. The molecule has 2 rings (SSSR count). The van der Waals surface area contributed by atoms with Gasteiger partial charge in [0.05, 0.1) is 12.2 Å². The number of hydrogen-bond donors (Lipinski definition) is 0. The fourth-order valence-electron chi connectivity index (χ4n) is 1.92. The molecule has 2 saturated heterocycles. The summed E-state index contributed by atoms with van der Waals surface area (Å²) in [5.74, 6) is 0.210. The second-order valence-corrected chi connectivity index (χ2v) is 3.58. The fraction of sp³-hybridized carbons (Fsp3) is 0.889. The lowest BCUT2D eigenvalue weighted by molar-refractivity contribution is -0.172. The normalized spacial score (nSPS) is 42.4. The van der Waals surface area contributed by atoms with Crippen molar-refractivity contribution in [3.8, 4) is 0 Å². The lowest BCUT2D eigenvalue weighted by Crippen LogP contribution is -2.49. The summed E-state index contributed by atoms with van der Waals surface area (Å²) in [6, 6.07) is 0. The van der Waals surface area contributed by atoms with Crippen molar-refractivity contribution in [3.05, 3.63) is 0 Å². The van der Waals surface area contributed by atoms with E-state index in [1.54, 1.807) is 0 Å². The molecule has 3 nitrogen and oxygen atoms in total. The molecule has 2 aliphatic rings. The first kappa shape index (κ1) is 8.20. The molecule has 0 aliphatic carbocycles. The van der Waals surface area contributed by atoms with Gasteiger partial charge in [-0.2, -0.15) is 0 Å². The van der Waals surface area contributed by atoms with Gasteiger partial charge in [0.1, 0.15) is 6.61 Å². The average molecular weight is 170 g/mol. The molecule has 0 saturated carbocycles. The van der Waals surface area contributed by atoms with Gasteiger partial charge in [-0.25, -0.2) is 0 Å². The predicted molar refractivity (Wildman–Crippen MR) is 42.9 cm³/mol. The standard InChI is InChI=1S/C9H14O3/c1-6-7(10)5-12-8-3-2-4-11-9(6)8/h6,8-9H,2-5H2,1H3/t6-,8-,9-/m1/s1. The second-order valence-electron chi connectivity index (χ2n) is 3.58. The number of hydrogen-bond acceptors (Lipinski definition) is 3. The SMILES string of the molecule is C[C@@H]1C(=O)CO[C@@H]2CCCO[C@H]12. The minimum Gasteiger partial charge on any atom is -0.375 e. The zero-order valence-corrected chi connectivity index (χ0v) is 7.29. The van der Waals surface area contributed by atoms with Gasteiger partial charge in [-0.05, 0) is 12.8 Å². The molecule has 2 heterocycles. The van der Waals surface area contributed by atoms with E-state index in [0.29, 0.717) is 0 Å². The summed E-state index contributed by atoms with van der Waals surface area (Å²) in [6.07, 6.45) is 2.30. The van der Waals surface area contributed by atoms with E-state index in [2.05, 4.69) is 0 Å². The first-order valence-corrected chi connectivity index (χ1v) is 4.55. The van der Waals surface area contributed by atoms with E-state index in [1.165, 1.54) is 0 Å². The maximum Gasteiger partial charge on any atom is 0.163 e. The van der Waals surface area contributed by atoms with Crippen molar-refractivity contribution in [3.63, 3.8) is 0 Å². The summed E-state index contributed by atoms with van der Waals surface area (Å²) in [5.41, 5.74) is 0. The molecule has 12 heavy (non-hydrogen) atoms. The Bertz CT molecular complexity index is 190. The molecule has 0 aromatic heterocycles. The summed E-state index contributed by atoms with van der Waals surface area (Å²) >= 11 is 0. The Balaban J connectivity index is 2.08. The van der Waals surface area contributed by atoms with E-state index < -0.39 is 0 Å². The average Bonchev–Trinajstić information content (AvgIpc) is 2.12. The fourth-order valence-corrected chi connectivity index (χ4v) is 1.92. The minimum absolute atomic E-state index is 0.0278. The topological polar surface area (TPSA) is 35.5 Å². The molecule has 2 aliphatic heterocycles. The maximum atomic E-state index is 11.2. The zero-order valence-electron chi connectivity index (χ0n) is 7.29. The van der Waals surface area contributed by atoms with Gasteiger partial charge in [-0.15, -0.1) is 0 Å². The van der Waals surface area contributed by atoms with Gasteiger partial charge < -0.3 is 9.47 Å². The number of carbonyl (C=O) groups excluding carboxylic acids is 1. The van der Waals surface area contributed by atoms with E-state index >= 15 is 0 Å². The summed E-state index contributed by atoms with van der Waals surface area (Å²) in [5, 5.41) is 0. The first-order valence-electron chi connectivity index (χ1n) is 4.55. The summed E-state index contributed by atoms with van der Waals surface area (Å²) < 4.78 is 10.9. The van der Waals surface area contributed by atoms with Crippen molar-refractivity contribution < 1.29 is 14.3 Å². The Morgan fingerprint density at radius 2 is 2.25 bits per heavy atom. The Morgan fingerprint density at radius 3 is 3.08 bits per heavy atom. The van der Waals surface area contributed by atoms with E-state index in [9.17, 15) is 4.79 Å². The molecule has 0 spiro atoms. The van der Waals surface area contributed by atoms with E-state index in [-0.39, 0.29) is 30.5 Å². The lowest BCUT2D eigenvalue weighted by Gasteiger charge is -2.38. The summed E-state index contributed by atoms with van der Waals surface area (Å²) in [6.45, 7) is 3.00. The number of ketones is 1. The molecule has 68 valence electrons. The molecule has 0 bridgehead atoms. The van der Waals surface area contributed by atoms with Crippen LogP contribution in [0.1, 0.15) is 19.8 Å². The van der Waals surface area contributed by atoms with Crippen molar-refractivity contribution in [2.24, 2.45) is 5.92 Å². The van der Waals surface area contributed by atoms with Crippen LogP contribution in [-0.2, 0) is 14.3 Å². The highest BCUT2D eigenvalue weighted by molar-refractivity contribution is 5.83. The van der Waals surface area contributed by atoms with Crippen molar-refractivity contribution in [1.82, 2.24) is 0 Å². The van der Waals surface area contributed by atoms with Gasteiger partial charge in [0.2, 0.25) is 0 Å². The van der Waals surface area contributed by atoms with Crippen molar-refractivity contribution in [2.75, 3.05) is 13.2 Å². The Kier molecular flexibility index (Phi) is 2.15. The third kappa shape index (κ3) is 1.27. The zero-order chi connectivity index (χ0) is 8.55. The highest BCUT2D eigenvalue weighted by atomic mass is 16.5. The van der Waals surface area contributed by atoms with Gasteiger partial charge in [0.25, 0.3) is 0 Å². The van der Waals surface area contributed by atoms with Crippen LogP contribution in [0.4, 0.5) is 0 Å². The Labute approximate surface area is 72.0 Å². The number of rotatable bonds is 0.